The summed E-state index contributed by atoms with van der Waals surface area (Å²) < 4.78 is 90.5. The number of piperidine rings is 1. The second-order valence-corrected chi connectivity index (χ2v) is 10.4. The van der Waals surface area contributed by atoms with Crippen molar-refractivity contribution in [3.63, 3.8) is 0 Å². The Balaban J connectivity index is 1.62. The van der Waals surface area contributed by atoms with Gasteiger partial charge in [0.1, 0.15) is 11.6 Å². The molecule has 1 aliphatic carbocycles. The van der Waals surface area contributed by atoms with Gasteiger partial charge in [-0.1, -0.05) is 6.07 Å². The van der Waals surface area contributed by atoms with E-state index in [4.69, 9.17) is 9.47 Å². The van der Waals surface area contributed by atoms with Gasteiger partial charge in [0, 0.05) is 18.2 Å². The molecule has 5 rings (SSSR count). The van der Waals surface area contributed by atoms with Crippen LogP contribution in [0.4, 0.5) is 17.6 Å². The number of nitrogens with one attached hydrogen (secondary N) is 1. The van der Waals surface area contributed by atoms with Crippen LogP contribution in [-0.4, -0.2) is 62.7 Å². The molecule has 2 bridgehead atoms. The Hall–Kier alpha value is -1.92. The molecule has 1 N–H and O–H groups in total. The van der Waals surface area contributed by atoms with Crippen LogP contribution in [0.25, 0.3) is 0 Å². The van der Waals surface area contributed by atoms with Gasteiger partial charge in [-0.3, -0.25) is 4.79 Å². The van der Waals surface area contributed by atoms with Crippen molar-refractivity contribution in [3.8, 4) is 5.75 Å². The second-order valence-electron chi connectivity index (χ2n) is 8.72. The van der Waals surface area contributed by atoms with Crippen molar-refractivity contribution in [1.29, 1.82) is 0 Å². The first-order chi connectivity index (χ1) is 15.6. The van der Waals surface area contributed by atoms with Gasteiger partial charge in [0.2, 0.25) is 0 Å². The molecule has 33 heavy (non-hydrogen) atoms. The molecule has 1 saturated carbocycles. The third-order valence-corrected chi connectivity index (χ3v) is 7.88. The fourth-order valence-electron chi connectivity index (χ4n) is 4.99. The molecule has 1 saturated heterocycles. The fourth-order valence-corrected chi connectivity index (χ4v) is 5.80. The molecule has 1 aromatic carbocycles. The van der Waals surface area contributed by atoms with Gasteiger partial charge in [-0.2, -0.15) is 13.2 Å². The van der Waals surface area contributed by atoms with E-state index in [0.29, 0.717) is 37.7 Å². The summed E-state index contributed by atoms with van der Waals surface area (Å²) in [6, 6.07) is 2.37. The third kappa shape index (κ3) is 5.12. The minimum Gasteiger partial charge on any atom is -0.483 e. The first-order valence-corrected chi connectivity index (χ1v) is 12.5. The molecule has 3 heterocycles. The number of carbonyl (C=O) groups is 1. The zero-order valence-corrected chi connectivity index (χ0v) is 18.6. The molecule has 3 aliphatic heterocycles. The van der Waals surface area contributed by atoms with E-state index in [1.165, 1.54) is 17.0 Å². The highest BCUT2D eigenvalue weighted by Crippen LogP contribution is 2.40. The van der Waals surface area contributed by atoms with Gasteiger partial charge in [0.25, 0.3) is 5.91 Å². The van der Waals surface area contributed by atoms with E-state index in [-0.39, 0.29) is 37.3 Å². The Bertz CT molecular complexity index is 979. The third-order valence-electron chi connectivity index (χ3n) is 6.66. The van der Waals surface area contributed by atoms with Crippen molar-refractivity contribution in [2.24, 2.45) is 0 Å². The Kier molecular flexibility index (Phi) is 6.88. The zero-order chi connectivity index (χ0) is 23.8. The van der Waals surface area contributed by atoms with Crippen LogP contribution in [0.2, 0.25) is 0 Å². The van der Waals surface area contributed by atoms with E-state index in [9.17, 15) is 30.8 Å². The first-order valence-electron chi connectivity index (χ1n) is 11.0. The maximum absolute atomic E-state index is 14.6. The summed E-state index contributed by atoms with van der Waals surface area (Å²) >= 11 is 0. The number of ether oxygens (including phenoxy) is 2. The number of fused-ring (bicyclic) bond motifs is 5. The van der Waals surface area contributed by atoms with Crippen LogP contribution >= 0.6 is 0 Å². The quantitative estimate of drug-likeness (QED) is 0.639. The van der Waals surface area contributed by atoms with Crippen LogP contribution in [0, 0.1) is 5.82 Å². The van der Waals surface area contributed by atoms with Gasteiger partial charge in [0.15, 0.2) is 6.61 Å². The lowest BCUT2D eigenvalue weighted by molar-refractivity contribution is -0.140. The van der Waals surface area contributed by atoms with Crippen molar-refractivity contribution < 1.29 is 40.2 Å². The number of hydrogen-bond acceptors (Lipinski definition) is 5. The van der Waals surface area contributed by atoms with E-state index >= 15 is 0 Å². The van der Waals surface area contributed by atoms with E-state index in [2.05, 4.69) is 0 Å². The van der Waals surface area contributed by atoms with Crippen LogP contribution in [-0.2, 0) is 19.6 Å². The van der Waals surface area contributed by atoms with Crippen molar-refractivity contribution in [1.82, 2.24) is 9.62 Å². The second kappa shape index (κ2) is 9.38. The molecule has 4 aliphatic rings. The van der Waals surface area contributed by atoms with Crippen LogP contribution in [0.1, 0.15) is 50.0 Å². The van der Waals surface area contributed by atoms with Gasteiger partial charge in [-0.05, 0) is 56.6 Å². The van der Waals surface area contributed by atoms with Crippen LogP contribution in [0.15, 0.2) is 18.2 Å². The van der Waals surface area contributed by atoms with E-state index in [1.54, 1.807) is 10.8 Å². The standard InChI is InChI=1S/C21H26F4N2O5S/c22-15-3-1-5-18-20(15)13-6-8-14(9-7-13)31-11-17-16(26-33(29,30)21(23,24)25)4-2-10-27(17)19(28)12-32-18/h1,3,5,13-14,16-17,26H,2,4,6-12H2/t13?,14?,16-,17-/m0/s1. The topological polar surface area (TPSA) is 84.9 Å². The van der Waals surface area contributed by atoms with Crippen molar-refractivity contribution in [2.75, 3.05) is 19.8 Å². The maximum Gasteiger partial charge on any atom is 0.511 e. The SMILES string of the molecule is O=C1COc2cccc(F)c2C2CCC(CC2)OC[C@H]2[C@@H](NS(=O)(=O)C(F)(F)F)CCCN12. The Morgan fingerprint density at radius 1 is 1.09 bits per heavy atom. The highest BCUT2D eigenvalue weighted by atomic mass is 32.2. The molecular weight excluding hydrogens is 468 g/mol. The van der Waals surface area contributed by atoms with E-state index < -0.39 is 45.9 Å². The van der Waals surface area contributed by atoms with Gasteiger partial charge in [-0.15, -0.1) is 0 Å². The van der Waals surface area contributed by atoms with Gasteiger partial charge in [-0.25, -0.2) is 17.5 Å². The summed E-state index contributed by atoms with van der Waals surface area (Å²) in [6.07, 6.45) is 2.72. The molecule has 7 nitrogen and oxygen atoms in total. The predicted molar refractivity (Wildman–Crippen MR) is 109 cm³/mol. The number of rotatable bonds is 2. The minimum absolute atomic E-state index is 0.0918. The first kappa shape index (κ1) is 24.2. The molecule has 1 aromatic rings. The number of nitrogens with zero attached hydrogens (tertiary/aromatic N) is 1. The summed E-state index contributed by atoms with van der Waals surface area (Å²) in [5.74, 6) is -0.751. The molecule has 0 unspecified atom stereocenters. The average Bonchev–Trinajstić information content (AvgIpc) is 2.77. The number of amides is 1. The summed E-state index contributed by atoms with van der Waals surface area (Å²) in [6.45, 7) is -0.320. The van der Waals surface area contributed by atoms with Gasteiger partial charge in [0.05, 0.1) is 18.8 Å². The minimum atomic E-state index is -5.59. The average molecular weight is 495 g/mol. The molecule has 0 spiro atoms. The number of carbonyl (C=O) groups excluding carboxylic acids is 1. The number of hydrogen-bond donors (Lipinski definition) is 1. The summed E-state index contributed by atoms with van der Waals surface area (Å²) in [5, 5.41) is 0. The van der Waals surface area contributed by atoms with E-state index in [1.807, 2.05) is 0 Å². The van der Waals surface area contributed by atoms with Crippen LogP contribution in [0.5, 0.6) is 5.75 Å². The maximum atomic E-state index is 14.6. The van der Waals surface area contributed by atoms with Gasteiger partial charge >= 0.3 is 15.5 Å². The molecule has 0 aromatic heterocycles. The lowest BCUT2D eigenvalue weighted by Crippen LogP contribution is -2.60. The van der Waals surface area contributed by atoms with Gasteiger partial charge < -0.3 is 14.4 Å². The van der Waals surface area contributed by atoms with Crippen molar-refractivity contribution in [2.45, 2.75) is 68.1 Å². The molecule has 1 amide bonds. The summed E-state index contributed by atoms with van der Waals surface area (Å²) in [7, 11) is -5.59. The molecule has 184 valence electrons. The Morgan fingerprint density at radius 2 is 1.82 bits per heavy atom. The van der Waals surface area contributed by atoms with Crippen LogP contribution < -0.4 is 9.46 Å². The molecule has 12 heteroatoms. The zero-order valence-electron chi connectivity index (χ0n) is 17.8. The lowest BCUT2D eigenvalue weighted by Gasteiger charge is -2.42. The molecule has 0 radical (unpaired) electrons. The lowest BCUT2D eigenvalue weighted by atomic mass is 9.82. The number of benzene rings is 1. The Labute approximate surface area is 189 Å². The molecule has 2 fully saturated rings. The predicted octanol–water partition coefficient (Wildman–Crippen LogP) is 3.06. The van der Waals surface area contributed by atoms with Crippen molar-refractivity contribution >= 4 is 15.9 Å². The largest absolute Gasteiger partial charge is 0.511 e. The van der Waals surface area contributed by atoms with Crippen molar-refractivity contribution in [3.05, 3.63) is 29.6 Å². The monoisotopic (exact) mass is 494 g/mol. The molecular formula is C21H26F4N2O5S. The highest BCUT2D eigenvalue weighted by Gasteiger charge is 2.49. The number of alkyl halides is 3. The number of halogens is 4. The summed E-state index contributed by atoms with van der Waals surface area (Å²) in [4.78, 5) is 14.3. The Morgan fingerprint density at radius 3 is 2.52 bits per heavy atom. The molecule has 2 atom stereocenters. The fraction of sp³-hybridized carbons (Fsp3) is 0.667. The highest BCUT2D eigenvalue weighted by molar-refractivity contribution is 7.90. The van der Waals surface area contributed by atoms with E-state index in [0.717, 1.165) is 0 Å². The number of sulfonamides is 1. The smallest absolute Gasteiger partial charge is 0.483 e. The summed E-state index contributed by atoms with van der Waals surface area (Å²) in [5.41, 5.74) is -5.03. The van der Waals surface area contributed by atoms with Crippen LogP contribution in [0.3, 0.4) is 0 Å². The normalized spacial score (nSPS) is 29.2.